The molecule has 0 unspecified atom stereocenters. The molecule has 2 aromatic rings. The van der Waals surface area contributed by atoms with E-state index < -0.39 is 10.0 Å². The van der Waals surface area contributed by atoms with Gasteiger partial charge < -0.3 is 10.2 Å². The number of rotatable bonds is 6. The number of anilines is 2. The minimum absolute atomic E-state index is 0.101. The molecule has 0 aliphatic carbocycles. The van der Waals surface area contributed by atoms with E-state index in [0.717, 1.165) is 0 Å². The molecule has 1 saturated heterocycles. The fraction of sp³-hybridized carbons (Fsp3) is 0.350. The van der Waals surface area contributed by atoms with Crippen molar-refractivity contribution in [3.05, 3.63) is 54.3 Å². The molecule has 1 heterocycles. The van der Waals surface area contributed by atoms with E-state index in [2.05, 4.69) is 10.0 Å². The van der Waals surface area contributed by atoms with Gasteiger partial charge in [0, 0.05) is 31.2 Å². The fourth-order valence-electron chi connectivity index (χ4n) is 3.33. The first kappa shape index (κ1) is 20.3. The standard InChI is InChI=1S/C20H24FN3O3S/c1-2-22-28(26,27)17-9-7-16(8-10-17)23-20(25)15-11-13-24(14-12-15)19-6-4-3-5-18(19)21/h3-10,15,22H,2,11-14H2,1H3,(H,23,25). The summed E-state index contributed by atoms with van der Waals surface area (Å²) in [5.74, 6) is -0.512. The first-order chi connectivity index (χ1) is 13.4. The van der Waals surface area contributed by atoms with Crippen LogP contribution in [0.2, 0.25) is 0 Å². The highest BCUT2D eigenvalue weighted by Crippen LogP contribution is 2.26. The van der Waals surface area contributed by atoms with Crippen LogP contribution in [0.3, 0.4) is 0 Å². The molecule has 3 rings (SSSR count). The maximum absolute atomic E-state index is 13.9. The second kappa shape index (κ2) is 8.70. The van der Waals surface area contributed by atoms with Crippen molar-refractivity contribution in [3.63, 3.8) is 0 Å². The van der Waals surface area contributed by atoms with E-state index in [4.69, 9.17) is 0 Å². The summed E-state index contributed by atoms with van der Waals surface area (Å²) in [6.07, 6.45) is 1.26. The predicted octanol–water partition coefficient (Wildman–Crippen LogP) is 2.98. The Kier molecular flexibility index (Phi) is 6.31. The quantitative estimate of drug-likeness (QED) is 0.775. The number of sulfonamides is 1. The number of carbonyl (C=O) groups is 1. The lowest BCUT2D eigenvalue weighted by Gasteiger charge is -2.33. The van der Waals surface area contributed by atoms with Crippen molar-refractivity contribution in [2.24, 2.45) is 5.92 Å². The zero-order chi connectivity index (χ0) is 20.1. The maximum atomic E-state index is 13.9. The molecule has 1 aliphatic heterocycles. The molecule has 0 bridgehead atoms. The van der Waals surface area contributed by atoms with E-state index in [1.54, 1.807) is 37.3 Å². The number of nitrogens with one attached hydrogen (secondary N) is 2. The third-order valence-electron chi connectivity index (χ3n) is 4.83. The molecule has 0 atom stereocenters. The fourth-order valence-corrected chi connectivity index (χ4v) is 4.37. The zero-order valence-electron chi connectivity index (χ0n) is 15.7. The highest BCUT2D eigenvalue weighted by atomic mass is 32.2. The van der Waals surface area contributed by atoms with Crippen LogP contribution in [0.5, 0.6) is 0 Å². The molecule has 0 saturated carbocycles. The lowest BCUT2D eigenvalue weighted by molar-refractivity contribution is -0.120. The molecule has 28 heavy (non-hydrogen) atoms. The first-order valence-electron chi connectivity index (χ1n) is 9.31. The summed E-state index contributed by atoms with van der Waals surface area (Å²) < 4.78 is 40.2. The number of halogens is 1. The maximum Gasteiger partial charge on any atom is 0.240 e. The number of piperidine rings is 1. The van der Waals surface area contributed by atoms with Crippen molar-refractivity contribution in [2.45, 2.75) is 24.7 Å². The SMILES string of the molecule is CCNS(=O)(=O)c1ccc(NC(=O)C2CCN(c3ccccc3F)CC2)cc1. The van der Waals surface area contributed by atoms with Crippen LogP contribution in [0.1, 0.15) is 19.8 Å². The molecule has 6 nitrogen and oxygen atoms in total. The second-order valence-corrected chi connectivity index (χ2v) is 8.49. The average Bonchev–Trinajstić information content (AvgIpc) is 2.69. The Balaban J connectivity index is 1.57. The van der Waals surface area contributed by atoms with Gasteiger partial charge in [0.05, 0.1) is 10.6 Å². The minimum Gasteiger partial charge on any atom is -0.369 e. The van der Waals surface area contributed by atoms with Gasteiger partial charge >= 0.3 is 0 Å². The average molecular weight is 405 g/mol. The number of para-hydroxylation sites is 1. The summed E-state index contributed by atoms with van der Waals surface area (Å²) in [5.41, 5.74) is 1.12. The number of hydrogen-bond donors (Lipinski definition) is 2. The summed E-state index contributed by atoms with van der Waals surface area (Å²) in [6, 6.07) is 12.7. The van der Waals surface area contributed by atoms with Gasteiger partial charge in [0.15, 0.2) is 0 Å². The number of amides is 1. The van der Waals surface area contributed by atoms with Gasteiger partial charge in [-0.05, 0) is 49.2 Å². The normalized spacial score (nSPS) is 15.4. The van der Waals surface area contributed by atoms with Gasteiger partial charge in [0.25, 0.3) is 0 Å². The van der Waals surface area contributed by atoms with Crippen LogP contribution in [0.4, 0.5) is 15.8 Å². The molecule has 0 spiro atoms. The monoisotopic (exact) mass is 405 g/mol. The zero-order valence-corrected chi connectivity index (χ0v) is 16.5. The van der Waals surface area contributed by atoms with E-state index in [-0.39, 0.29) is 22.5 Å². The van der Waals surface area contributed by atoms with Crippen LogP contribution >= 0.6 is 0 Å². The number of nitrogens with zero attached hydrogens (tertiary/aromatic N) is 1. The van der Waals surface area contributed by atoms with Crippen LogP contribution in [-0.4, -0.2) is 34.0 Å². The molecule has 150 valence electrons. The lowest BCUT2D eigenvalue weighted by Crippen LogP contribution is -2.38. The van der Waals surface area contributed by atoms with E-state index in [0.29, 0.717) is 43.9 Å². The lowest BCUT2D eigenvalue weighted by atomic mass is 9.95. The summed E-state index contributed by atoms with van der Waals surface area (Å²) in [5, 5.41) is 2.84. The summed E-state index contributed by atoms with van der Waals surface area (Å²) in [6.45, 7) is 3.24. The third-order valence-corrected chi connectivity index (χ3v) is 6.39. The highest BCUT2D eigenvalue weighted by Gasteiger charge is 2.26. The van der Waals surface area contributed by atoms with Crippen LogP contribution < -0.4 is 14.9 Å². The van der Waals surface area contributed by atoms with Crippen LogP contribution in [0.25, 0.3) is 0 Å². The Bertz CT molecular complexity index is 924. The highest BCUT2D eigenvalue weighted by molar-refractivity contribution is 7.89. The predicted molar refractivity (Wildman–Crippen MR) is 107 cm³/mol. The van der Waals surface area contributed by atoms with Gasteiger partial charge in [-0.3, -0.25) is 4.79 Å². The van der Waals surface area contributed by atoms with Crippen LogP contribution in [0.15, 0.2) is 53.4 Å². The molecular formula is C20H24FN3O3S. The molecule has 1 amide bonds. The Hall–Kier alpha value is -2.45. The Morgan fingerprint density at radius 3 is 2.36 bits per heavy atom. The minimum atomic E-state index is -3.51. The Labute approximate surface area is 164 Å². The van der Waals surface area contributed by atoms with Crippen LogP contribution in [0, 0.1) is 11.7 Å². The van der Waals surface area contributed by atoms with Crippen molar-refractivity contribution < 1.29 is 17.6 Å². The van der Waals surface area contributed by atoms with Gasteiger partial charge in [0.1, 0.15) is 5.82 Å². The number of benzene rings is 2. The summed E-state index contributed by atoms with van der Waals surface area (Å²) >= 11 is 0. The molecular weight excluding hydrogens is 381 g/mol. The van der Waals surface area contributed by atoms with Crippen molar-refractivity contribution in [1.82, 2.24) is 4.72 Å². The molecule has 2 aromatic carbocycles. The molecule has 0 aromatic heterocycles. The van der Waals surface area contributed by atoms with Crippen molar-refractivity contribution in [2.75, 3.05) is 29.9 Å². The largest absolute Gasteiger partial charge is 0.369 e. The number of carbonyl (C=O) groups excluding carboxylic acids is 1. The van der Waals surface area contributed by atoms with Crippen LogP contribution in [-0.2, 0) is 14.8 Å². The Morgan fingerprint density at radius 2 is 1.75 bits per heavy atom. The molecule has 2 N–H and O–H groups in total. The topological polar surface area (TPSA) is 78.5 Å². The molecule has 0 radical (unpaired) electrons. The summed E-state index contributed by atoms with van der Waals surface area (Å²) in [7, 11) is -3.51. The van der Waals surface area contributed by atoms with E-state index in [1.165, 1.54) is 18.2 Å². The molecule has 1 fully saturated rings. The van der Waals surface area contributed by atoms with E-state index in [1.807, 2.05) is 4.90 Å². The third kappa shape index (κ3) is 4.69. The van der Waals surface area contributed by atoms with Gasteiger partial charge in [0.2, 0.25) is 15.9 Å². The smallest absolute Gasteiger partial charge is 0.240 e. The van der Waals surface area contributed by atoms with Gasteiger partial charge in [-0.1, -0.05) is 19.1 Å². The second-order valence-electron chi connectivity index (χ2n) is 6.73. The van der Waals surface area contributed by atoms with Crippen molar-refractivity contribution in [1.29, 1.82) is 0 Å². The van der Waals surface area contributed by atoms with Gasteiger partial charge in [-0.2, -0.15) is 0 Å². The van der Waals surface area contributed by atoms with E-state index in [9.17, 15) is 17.6 Å². The van der Waals surface area contributed by atoms with Gasteiger partial charge in [-0.25, -0.2) is 17.5 Å². The molecule has 1 aliphatic rings. The summed E-state index contributed by atoms with van der Waals surface area (Å²) in [4.78, 5) is 14.6. The molecule has 8 heteroatoms. The van der Waals surface area contributed by atoms with Crippen molar-refractivity contribution >= 4 is 27.3 Å². The Morgan fingerprint density at radius 1 is 1.11 bits per heavy atom. The van der Waals surface area contributed by atoms with Gasteiger partial charge in [-0.15, -0.1) is 0 Å². The van der Waals surface area contributed by atoms with E-state index >= 15 is 0 Å². The number of hydrogen-bond acceptors (Lipinski definition) is 4. The van der Waals surface area contributed by atoms with Crippen molar-refractivity contribution in [3.8, 4) is 0 Å². The first-order valence-corrected chi connectivity index (χ1v) is 10.8.